The van der Waals surface area contributed by atoms with E-state index in [-0.39, 0.29) is 53.7 Å². The fraction of sp³-hybridized carbons (Fsp3) is 0.750. The molecule has 23 heavy (non-hydrogen) atoms. The third-order valence-corrected chi connectivity index (χ3v) is 4.34. The average molecular weight is 338 g/mol. The fourth-order valence-corrected chi connectivity index (χ4v) is 2.65. The zero-order valence-corrected chi connectivity index (χ0v) is 16.8. The van der Waals surface area contributed by atoms with Crippen LogP contribution >= 0.6 is 0 Å². The van der Waals surface area contributed by atoms with Gasteiger partial charge in [-0.05, 0) is 32.8 Å². The van der Waals surface area contributed by atoms with Gasteiger partial charge in [0.2, 0.25) is 0 Å². The second-order valence-corrected chi connectivity index (χ2v) is 5.71. The Morgan fingerprint density at radius 2 is 1.78 bits per heavy atom. The predicted molar refractivity (Wildman–Crippen MR) is 81.9 cm³/mol. The van der Waals surface area contributed by atoms with Crippen molar-refractivity contribution in [3.8, 4) is 0 Å². The molecule has 2 N–H and O–H groups in total. The zero-order valence-electron chi connectivity index (χ0n) is 14.8. The molecular formula is C16H29NNaO5+. The normalized spacial score (nSPS) is 16.3. The maximum atomic E-state index is 11.4. The molecule has 0 amide bonds. The maximum absolute atomic E-state index is 11.4. The Balaban J connectivity index is 0. The standard InChI is InChI=1S/C16H29NO5.Na/c1-4-5-6-7-8-9-10-17(11-12-18,13(2)15(19)20)14(3)16(21)22;/h8-9,13-14,18H,4-7,10-12H2,1-3H3,(H-,19,20,21,22);/q;+1/b9-8+;. The van der Waals surface area contributed by atoms with Gasteiger partial charge in [-0.1, -0.05) is 25.8 Å². The first kappa shape index (κ1) is 24.8. The van der Waals surface area contributed by atoms with Crippen molar-refractivity contribution in [3.63, 3.8) is 0 Å². The summed E-state index contributed by atoms with van der Waals surface area (Å²) in [6.45, 7) is 5.05. The Morgan fingerprint density at radius 3 is 2.22 bits per heavy atom. The van der Waals surface area contributed by atoms with Gasteiger partial charge in [0.25, 0.3) is 0 Å². The number of hydrogen-bond acceptors (Lipinski definition) is 4. The van der Waals surface area contributed by atoms with E-state index in [1.165, 1.54) is 13.8 Å². The molecule has 0 saturated carbocycles. The van der Waals surface area contributed by atoms with Crippen LogP contribution in [-0.2, 0) is 9.59 Å². The Bertz CT molecular complexity index is 367. The number of rotatable bonds is 12. The van der Waals surface area contributed by atoms with Gasteiger partial charge < -0.3 is 24.6 Å². The van der Waals surface area contributed by atoms with Crippen molar-refractivity contribution in [2.45, 2.75) is 58.5 Å². The molecule has 0 aliphatic heterocycles. The number of carboxylic acid groups (broad SMARTS) is 2. The second-order valence-electron chi connectivity index (χ2n) is 5.71. The van der Waals surface area contributed by atoms with E-state index in [0.29, 0.717) is 0 Å². The topological polar surface area (TPSA) is 97.7 Å². The first-order valence-electron chi connectivity index (χ1n) is 7.89. The van der Waals surface area contributed by atoms with Crippen LogP contribution in [0.15, 0.2) is 12.2 Å². The number of aliphatic hydroxyl groups is 1. The van der Waals surface area contributed by atoms with Crippen LogP contribution in [0.4, 0.5) is 0 Å². The average Bonchev–Trinajstić information content (AvgIpc) is 2.47. The molecule has 0 aromatic rings. The summed E-state index contributed by atoms with van der Waals surface area (Å²) in [7, 11) is 0. The Labute approximate surface area is 161 Å². The van der Waals surface area contributed by atoms with Crippen LogP contribution in [0.25, 0.3) is 0 Å². The number of carbonyl (C=O) groups is 2. The van der Waals surface area contributed by atoms with Crippen LogP contribution in [0.5, 0.6) is 0 Å². The summed E-state index contributed by atoms with van der Waals surface area (Å²) in [5, 5.41) is 29.9. The van der Waals surface area contributed by atoms with Crippen molar-refractivity contribution in [1.82, 2.24) is 0 Å². The summed E-state index contributed by atoms with van der Waals surface area (Å²) in [5.74, 6) is -2.39. The number of carbonyl (C=O) groups excluding carboxylic acids is 1. The summed E-state index contributed by atoms with van der Waals surface area (Å²) in [5.41, 5.74) is 0. The monoisotopic (exact) mass is 338 g/mol. The van der Waals surface area contributed by atoms with Gasteiger partial charge in [-0.2, -0.15) is 0 Å². The van der Waals surface area contributed by atoms with Gasteiger partial charge in [-0.25, -0.2) is 4.79 Å². The Kier molecular flexibility index (Phi) is 14.0. The van der Waals surface area contributed by atoms with Crippen LogP contribution in [-0.4, -0.2) is 58.4 Å². The number of aliphatic carboxylic acids is 2. The quantitative estimate of drug-likeness (QED) is 0.178. The van der Waals surface area contributed by atoms with Gasteiger partial charge in [-0.15, -0.1) is 0 Å². The number of aliphatic hydroxyl groups excluding tert-OH is 1. The van der Waals surface area contributed by atoms with E-state index < -0.39 is 24.0 Å². The van der Waals surface area contributed by atoms with Crippen LogP contribution in [0.2, 0.25) is 0 Å². The van der Waals surface area contributed by atoms with Crippen molar-refractivity contribution in [3.05, 3.63) is 12.2 Å². The van der Waals surface area contributed by atoms with Gasteiger partial charge in [0.05, 0.1) is 19.1 Å². The molecular weight excluding hydrogens is 309 g/mol. The van der Waals surface area contributed by atoms with Crippen molar-refractivity contribution in [2.75, 3.05) is 19.7 Å². The number of quaternary nitrogens is 1. The van der Waals surface area contributed by atoms with E-state index >= 15 is 0 Å². The van der Waals surface area contributed by atoms with Crippen LogP contribution in [0.3, 0.4) is 0 Å². The van der Waals surface area contributed by atoms with Gasteiger partial charge in [-0.3, -0.25) is 0 Å². The minimum atomic E-state index is -1.30. The van der Waals surface area contributed by atoms with Gasteiger partial charge in [0.15, 0.2) is 6.04 Å². The summed E-state index contributed by atoms with van der Waals surface area (Å²) in [6, 6.07) is -1.96. The van der Waals surface area contributed by atoms with Crippen molar-refractivity contribution in [2.24, 2.45) is 0 Å². The third kappa shape index (κ3) is 7.81. The smallest absolute Gasteiger partial charge is 0.544 e. The number of nitrogens with zero attached hydrogens (tertiary/aromatic N) is 1. The van der Waals surface area contributed by atoms with E-state index in [0.717, 1.165) is 25.7 Å². The van der Waals surface area contributed by atoms with Crippen molar-refractivity contribution >= 4 is 11.9 Å². The molecule has 0 aliphatic carbocycles. The van der Waals surface area contributed by atoms with Crippen LogP contribution in [0.1, 0.15) is 46.5 Å². The third-order valence-electron chi connectivity index (χ3n) is 4.34. The van der Waals surface area contributed by atoms with Gasteiger partial charge in [0, 0.05) is 0 Å². The van der Waals surface area contributed by atoms with E-state index in [2.05, 4.69) is 6.92 Å². The Hall–Kier alpha value is -0.400. The molecule has 128 valence electrons. The van der Waals surface area contributed by atoms with E-state index in [4.69, 9.17) is 0 Å². The molecule has 0 rings (SSSR count). The summed E-state index contributed by atoms with van der Waals surface area (Å²) >= 11 is 0. The molecule has 0 saturated heterocycles. The molecule has 3 atom stereocenters. The van der Waals surface area contributed by atoms with E-state index in [9.17, 15) is 24.9 Å². The molecule has 0 fully saturated rings. The molecule has 0 radical (unpaired) electrons. The van der Waals surface area contributed by atoms with E-state index in [1.54, 1.807) is 0 Å². The number of carboxylic acids is 2. The summed E-state index contributed by atoms with van der Waals surface area (Å²) in [4.78, 5) is 22.7. The van der Waals surface area contributed by atoms with Gasteiger partial charge >= 0.3 is 35.5 Å². The molecule has 3 unspecified atom stereocenters. The number of unbranched alkanes of at least 4 members (excludes halogenated alkanes) is 3. The second kappa shape index (κ2) is 13.0. The number of allylic oxidation sites excluding steroid dienone is 1. The van der Waals surface area contributed by atoms with Crippen molar-refractivity contribution < 1.29 is 58.9 Å². The maximum Gasteiger partial charge on any atom is 1.00 e. The molecule has 7 heteroatoms. The number of hydrogen-bond donors (Lipinski definition) is 2. The van der Waals surface area contributed by atoms with Gasteiger partial charge in [0.1, 0.15) is 12.6 Å². The molecule has 0 bridgehead atoms. The minimum absolute atomic E-state index is 0. The largest absolute Gasteiger partial charge is 1.00 e. The molecule has 0 aromatic carbocycles. The Morgan fingerprint density at radius 1 is 1.17 bits per heavy atom. The molecule has 0 aromatic heterocycles. The van der Waals surface area contributed by atoms with Crippen LogP contribution in [0, 0.1) is 0 Å². The first-order chi connectivity index (χ1) is 10.3. The zero-order chi connectivity index (χ0) is 17.2. The van der Waals surface area contributed by atoms with Crippen LogP contribution < -0.4 is 34.7 Å². The molecule has 0 heterocycles. The van der Waals surface area contributed by atoms with Crippen molar-refractivity contribution in [1.29, 1.82) is 0 Å². The molecule has 0 spiro atoms. The molecule has 6 nitrogen and oxygen atoms in total. The molecule has 0 aliphatic rings. The fourth-order valence-electron chi connectivity index (χ4n) is 2.65. The van der Waals surface area contributed by atoms with E-state index in [1.807, 2.05) is 12.2 Å². The minimum Gasteiger partial charge on any atom is -0.544 e. The first-order valence-corrected chi connectivity index (χ1v) is 7.89. The summed E-state index contributed by atoms with van der Waals surface area (Å²) < 4.78 is -0.252. The SMILES string of the molecule is CCCCC/C=C/C[N+](CCO)(C(C)C(=O)[O-])C(C)C(=O)O.[Na+]. The summed E-state index contributed by atoms with van der Waals surface area (Å²) in [6.07, 6.45) is 7.96. The predicted octanol–water partition coefficient (Wildman–Crippen LogP) is -2.45.